The van der Waals surface area contributed by atoms with Crippen molar-refractivity contribution in [1.82, 2.24) is 25.1 Å². The number of benzene rings is 1. The molecule has 0 aliphatic heterocycles. The lowest BCUT2D eigenvalue weighted by Gasteiger charge is -2.06. The van der Waals surface area contributed by atoms with Crippen molar-refractivity contribution >= 4 is 17.5 Å². The molecule has 1 N–H and O–H groups in total. The van der Waals surface area contributed by atoms with Crippen molar-refractivity contribution in [2.75, 3.05) is 7.11 Å². The number of nitrogens with one attached hydrogen (secondary N) is 1. The minimum atomic E-state index is -0.542. The normalized spacial score (nSPS) is 10.7. The maximum Gasteiger partial charge on any atom is 0.227 e. The van der Waals surface area contributed by atoms with Gasteiger partial charge in [0.25, 0.3) is 0 Å². The predicted octanol–water partition coefficient (Wildman–Crippen LogP) is 3.02. The van der Waals surface area contributed by atoms with Crippen molar-refractivity contribution < 1.29 is 13.9 Å². The van der Waals surface area contributed by atoms with E-state index in [-0.39, 0.29) is 17.4 Å². The molecular weight excluding hydrogens is 385 g/mol. The van der Waals surface area contributed by atoms with Gasteiger partial charge >= 0.3 is 0 Å². The number of hydrogen-bond donors (Lipinski definition) is 1. The van der Waals surface area contributed by atoms with E-state index in [1.807, 2.05) is 13.0 Å². The van der Waals surface area contributed by atoms with E-state index in [2.05, 4.69) is 20.4 Å². The van der Waals surface area contributed by atoms with Gasteiger partial charge in [0.15, 0.2) is 5.82 Å². The van der Waals surface area contributed by atoms with Crippen LogP contribution < -0.4 is 10.1 Å². The molecule has 0 aliphatic rings. The molecule has 0 saturated carbocycles. The Morgan fingerprint density at radius 3 is 2.79 bits per heavy atom. The molecule has 0 fully saturated rings. The molecule has 3 aromatic rings. The van der Waals surface area contributed by atoms with E-state index in [4.69, 9.17) is 16.3 Å². The molecule has 28 heavy (non-hydrogen) atoms. The summed E-state index contributed by atoms with van der Waals surface area (Å²) < 4.78 is 20.3. The minimum Gasteiger partial charge on any atom is -0.481 e. The Bertz CT molecular complexity index is 975. The van der Waals surface area contributed by atoms with Crippen molar-refractivity contribution in [3.05, 3.63) is 58.8 Å². The molecule has 1 aromatic carbocycles. The Labute approximate surface area is 166 Å². The number of hydrogen-bond acceptors (Lipinski definition) is 5. The van der Waals surface area contributed by atoms with Crippen LogP contribution in [0.25, 0.3) is 11.4 Å². The monoisotopic (exact) mass is 403 g/mol. The largest absolute Gasteiger partial charge is 0.481 e. The molecule has 146 valence electrons. The summed E-state index contributed by atoms with van der Waals surface area (Å²) in [7, 11) is 1.54. The number of rotatable bonds is 7. The summed E-state index contributed by atoms with van der Waals surface area (Å²) in [5.74, 6) is 0.612. The molecule has 0 saturated heterocycles. The third kappa shape index (κ3) is 4.64. The van der Waals surface area contributed by atoms with Gasteiger partial charge in [-0.1, -0.05) is 17.7 Å². The minimum absolute atomic E-state index is 0.0336. The molecule has 1 amide bonds. The van der Waals surface area contributed by atoms with Crippen LogP contribution in [0.3, 0.4) is 0 Å². The summed E-state index contributed by atoms with van der Waals surface area (Å²) >= 11 is 5.72. The molecule has 9 heteroatoms. The zero-order valence-electron chi connectivity index (χ0n) is 15.4. The quantitative estimate of drug-likeness (QED) is 0.655. The van der Waals surface area contributed by atoms with Crippen molar-refractivity contribution in [2.24, 2.45) is 0 Å². The number of carbonyl (C=O) groups excluding carboxylic acids is 1. The average molecular weight is 404 g/mol. The zero-order valence-corrected chi connectivity index (χ0v) is 16.2. The Balaban J connectivity index is 1.67. The Morgan fingerprint density at radius 2 is 2.14 bits per heavy atom. The third-order valence-electron chi connectivity index (χ3n) is 4.04. The van der Waals surface area contributed by atoms with E-state index in [0.717, 1.165) is 5.56 Å². The second-order valence-electron chi connectivity index (χ2n) is 5.96. The van der Waals surface area contributed by atoms with Crippen molar-refractivity contribution in [3.63, 3.8) is 0 Å². The summed E-state index contributed by atoms with van der Waals surface area (Å²) in [6, 6.07) is 7.92. The fourth-order valence-electron chi connectivity index (χ4n) is 2.56. The number of amides is 1. The number of aromatic nitrogens is 4. The molecule has 3 rings (SSSR count). The van der Waals surface area contributed by atoms with Gasteiger partial charge in [-0.25, -0.2) is 19.0 Å². The lowest BCUT2D eigenvalue weighted by molar-refractivity contribution is -0.120. The SMILES string of the molecule is CCn1nc(-c2ccc(Cl)c(F)c2)nc1CC(=O)NCc1ccc(OC)nc1. The molecule has 0 unspecified atom stereocenters. The highest BCUT2D eigenvalue weighted by Crippen LogP contribution is 2.22. The maximum absolute atomic E-state index is 13.7. The predicted molar refractivity (Wildman–Crippen MR) is 102 cm³/mol. The molecule has 0 bridgehead atoms. The number of carbonyl (C=O) groups is 1. The fourth-order valence-corrected chi connectivity index (χ4v) is 2.68. The van der Waals surface area contributed by atoms with Crippen LogP contribution in [0.4, 0.5) is 4.39 Å². The average Bonchev–Trinajstić information content (AvgIpc) is 3.11. The summed E-state index contributed by atoms with van der Waals surface area (Å²) in [4.78, 5) is 20.8. The molecule has 0 aliphatic carbocycles. The van der Waals surface area contributed by atoms with E-state index in [0.29, 0.717) is 36.2 Å². The van der Waals surface area contributed by atoms with E-state index in [9.17, 15) is 9.18 Å². The van der Waals surface area contributed by atoms with Crippen molar-refractivity contribution in [1.29, 1.82) is 0 Å². The lowest BCUT2D eigenvalue weighted by Crippen LogP contribution is -2.26. The third-order valence-corrected chi connectivity index (χ3v) is 4.35. The van der Waals surface area contributed by atoms with Crippen LogP contribution in [0.1, 0.15) is 18.3 Å². The van der Waals surface area contributed by atoms with Crippen LogP contribution in [0.15, 0.2) is 36.5 Å². The van der Waals surface area contributed by atoms with Crippen LogP contribution in [-0.2, 0) is 24.3 Å². The first-order valence-corrected chi connectivity index (χ1v) is 9.02. The summed E-state index contributed by atoms with van der Waals surface area (Å²) in [6.45, 7) is 2.77. The van der Waals surface area contributed by atoms with Crippen LogP contribution in [0.5, 0.6) is 5.88 Å². The first kappa shape index (κ1) is 19.8. The first-order valence-electron chi connectivity index (χ1n) is 8.65. The fraction of sp³-hybridized carbons (Fsp3) is 0.263. The number of methoxy groups -OCH3 is 1. The van der Waals surface area contributed by atoms with Crippen molar-refractivity contribution in [3.8, 4) is 17.3 Å². The Morgan fingerprint density at radius 1 is 1.32 bits per heavy atom. The molecule has 0 spiro atoms. The van der Waals surface area contributed by atoms with Crippen LogP contribution in [0, 0.1) is 5.82 Å². The van der Waals surface area contributed by atoms with Crippen molar-refractivity contribution in [2.45, 2.75) is 26.4 Å². The lowest BCUT2D eigenvalue weighted by atomic mass is 10.2. The maximum atomic E-state index is 13.7. The van der Waals surface area contributed by atoms with E-state index >= 15 is 0 Å². The van der Waals surface area contributed by atoms with E-state index < -0.39 is 5.82 Å². The van der Waals surface area contributed by atoms with Gasteiger partial charge in [0, 0.05) is 30.9 Å². The molecule has 0 radical (unpaired) electrons. The Hall–Kier alpha value is -3.00. The van der Waals surface area contributed by atoms with Gasteiger partial charge < -0.3 is 10.1 Å². The second kappa shape index (κ2) is 8.79. The summed E-state index contributed by atoms with van der Waals surface area (Å²) in [5, 5.41) is 7.21. The number of ether oxygens (including phenoxy) is 1. The number of pyridine rings is 1. The number of halogens is 2. The van der Waals surface area contributed by atoms with Crippen LogP contribution in [-0.4, -0.2) is 32.8 Å². The van der Waals surface area contributed by atoms with E-state index in [1.54, 1.807) is 30.1 Å². The standard InChI is InChI=1S/C19H19ClFN5O2/c1-3-26-16(24-19(25-26)13-5-6-14(20)15(21)8-13)9-17(27)22-10-12-4-7-18(28-2)23-11-12/h4-8,11H,3,9-10H2,1-2H3,(H,22,27). The van der Waals surface area contributed by atoms with Crippen LogP contribution >= 0.6 is 11.6 Å². The van der Waals surface area contributed by atoms with Gasteiger partial charge in [-0.3, -0.25) is 4.79 Å². The summed E-state index contributed by atoms with van der Waals surface area (Å²) in [6.07, 6.45) is 1.70. The summed E-state index contributed by atoms with van der Waals surface area (Å²) in [5.41, 5.74) is 1.35. The molecule has 0 atom stereocenters. The van der Waals surface area contributed by atoms with Gasteiger partial charge in [0.2, 0.25) is 11.8 Å². The molecular formula is C19H19ClFN5O2. The molecule has 7 nitrogen and oxygen atoms in total. The van der Waals surface area contributed by atoms with Gasteiger partial charge in [-0.2, -0.15) is 5.10 Å². The Kier molecular flexibility index (Phi) is 6.20. The van der Waals surface area contributed by atoms with Gasteiger partial charge in [0.1, 0.15) is 11.6 Å². The number of nitrogens with zero attached hydrogens (tertiary/aromatic N) is 4. The zero-order chi connectivity index (χ0) is 20.1. The van der Waals surface area contributed by atoms with Crippen LogP contribution in [0.2, 0.25) is 5.02 Å². The number of aryl methyl sites for hydroxylation is 1. The highest BCUT2D eigenvalue weighted by molar-refractivity contribution is 6.30. The van der Waals surface area contributed by atoms with Gasteiger partial charge in [0.05, 0.1) is 18.6 Å². The first-order chi connectivity index (χ1) is 13.5. The topological polar surface area (TPSA) is 81.9 Å². The molecule has 2 aromatic heterocycles. The van der Waals surface area contributed by atoms with E-state index in [1.165, 1.54) is 12.1 Å². The molecule has 2 heterocycles. The van der Waals surface area contributed by atoms with Gasteiger partial charge in [-0.15, -0.1) is 0 Å². The highest BCUT2D eigenvalue weighted by atomic mass is 35.5. The highest BCUT2D eigenvalue weighted by Gasteiger charge is 2.15. The van der Waals surface area contributed by atoms with Gasteiger partial charge in [-0.05, 0) is 30.7 Å². The smallest absolute Gasteiger partial charge is 0.227 e. The second-order valence-corrected chi connectivity index (χ2v) is 6.37.